The van der Waals surface area contributed by atoms with Crippen molar-refractivity contribution in [3.05, 3.63) is 17.8 Å². The Bertz CT molecular complexity index is 658. The van der Waals surface area contributed by atoms with E-state index in [4.69, 9.17) is 19.9 Å². The number of nitrogens with zero attached hydrogens (tertiary/aromatic N) is 1. The number of ether oxygens (including phenoxy) is 3. The van der Waals surface area contributed by atoms with Crippen LogP contribution in [0.3, 0.4) is 0 Å². The summed E-state index contributed by atoms with van der Waals surface area (Å²) in [6.07, 6.45) is 0. The Balaban J connectivity index is 2.67. The van der Waals surface area contributed by atoms with Gasteiger partial charge in [0, 0.05) is 5.56 Å². The van der Waals surface area contributed by atoms with Crippen LogP contribution in [0.5, 0.6) is 17.2 Å². The van der Waals surface area contributed by atoms with Gasteiger partial charge in [-0.1, -0.05) is 11.3 Å². The lowest BCUT2D eigenvalue weighted by Crippen LogP contribution is -2.00. The van der Waals surface area contributed by atoms with Crippen LogP contribution in [0.4, 0.5) is 5.13 Å². The maximum Gasteiger partial charge on any atom is 0.356 e. The molecule has 0 atom stereocenters. The molecule has 0 saturated carbocycles. The lowest BCUT2D eigenvalue weighted by atomic mass is 10.1. The molecule has 0 spiro atoms. The predicted molar refractivity (Wildman–Crippen MR) is 78.6 cm³/mol. The zero-order valence-corrected chi connectivity index (χ0v) is 12.5. The molecular weight excluding hydrogens is 296 g/mol. The number of hydrogen-bond acceptors (Lipinski definition) is 7. The Hall–Kier alpha value is -2.48. The molecule has 1 aromatic heterocycles. The fraction of sp³-hybridized carbons (Fsp3) is 0.231. The van der Waals surface area contributed by atoms with Gasteiger partial charge in [-0.25, -0.2) is 9.78 Å². The molecule has 0 radical (unpaired) electrons. The first-order chi connectivity index (χ1) is 10.0. The number of benzene rings is 1. The smallest absolute Gasteiger partial charge is 0.356 e. The highest BCUT2D eigenvalue weighted by Crippen LogP contribution is 2.43. The largest absolute Gasteiger partial charge is 0.493 e. The first-order valence-electron chi connectivity index (χ1n) is 5.81. The van der Waals surface area contributed by atoms with Gasteiger partial charge in [0.2, 0.25) is 5.75 Å². The van der Waals surface area contributed by atoms with Crippen LogP contribution in [-0.4, -0.2) is 37.4 Å². The summed E-state index contributed by atoms with van der Waals surface area (Å²) in [5, 5.41) is 9.37. The minimum Gasteiger partial charge on any atom is -0.493 e. The van der Waals surface area contributed by atoms with Gasteiger partial charge in [-0.3, -0.25) is 0 Å². The van der Waals surface area contributed by atoms with E-state index in [1.54, 1.807) is 12.1 Å². The molecule has 0 saturated heterocycles. The molecule has 0 amide bonds. The monoisotopic (exact) mass is 310 g/mol. The van der Waals surface area contributed by atoms with Crippen molar-refractivity contribution in [3.63, 3.8) is 0 Å². The molecule has 112 valence electrons. The van der Waals surface area contributed by atoms with E-state index in [-0.39, 0.29) is 10.8 Å². The van der Waals surface area contributed by atoms with E-state index in [1.165, 1.54) is 21.3 Å². The SMILES string of the molecule is COc1cc(-c2sc(N)nc2C(=O)O)cc(OC)c1OC. The predicted octanol–water partition coefficient (Wildman–Crippen LogP) is 2.12. The molecule has 7 nitrogen and oxygen atoms in total. The fourth-order valence-electron chi connectivity index (χ4n) is 1.89. The quantitative estimate of drug-likeness (QED) is 0.871. The number of aromatic carboxylic acids is 1. The molecule has 0 unspecified atom stereocenters. The third-order valence-electron chi connectivity index (χ3n) is 2.77. The van der Waals surface area contributed by atoms with Gasteiger partial charge in [0.15, 0.2) is 22.3 Å². The average Bonchev–Trinajstić information content (AvgIpc) is 2.87. The Kier molecular flexibility index (Phi) is 4.18. The zero-order valence-electron chi connectivity index (χ0n) is 11.7. The summed E-state index contributed by atoms with van der Waals surface area (Å²) in [7, 11) is 4.47. The van der Waals surface area contributed by atoms with E-state index in [0.717, 1.165) is 11.3 Å². The third-order valence-corrected chi connectivity index (χ3v) is 3.71. The highest BCUT2D eigenvalue weighted by Gasteiger charge is 2.21. The van der Waals surface area contributed by atoms with E-state index in [0.29, 0.717) is 27.7 Å². The van der Waals surface area contributed by atoms with Crippen LogP contribution in [0.25, 0.3) is 10.4 Å². The molecule has 0 aliphatic carbocycles. The Morgan fingerprint density at radius 3 is 2.19 bits per heavy atom. The number of thiazole rings is 1. The number of aromatic nitrogens is 1. The molecule has 0 aliphatic rings. The molecule has 21 heavy (non-hydrogen) atoms. The molecule has 3 N–H and O–H groups in total. The van der Waals surface area contributed by atoms with Gasteiger partial charge >= 0.3 is 5.97 Å². The van der Waals surface area contributed by atoms with E-state index in [1.807, 2.05) is 0 Å². The minimum atomic E-state index is -1.15. The molecule has 8 heteroatoms. The van der Waals surface area contributed by atoms with Crippen molar-refractivity contribution >= 4 is 22.4 Å². The number of carbonyl (C=O) groups is 1. The lowest BCUT2D eigenvalue weighted by molar-refractivity contribution is 0.0692. The van der Waals surface area contributed by atoms with Gasteiger partial charge in [-0.2, -0.15) is 0 Å². The maximum absolute atomic E-state index is 11.2. The Morgan fingerprint density at radius 1 is 1.19 bits per heavy atom. The summed E-state index contributed by atoms with van der Waals surface area (Å²) < 4.78 is 15.7. The molecule has 2 rings (SSSR count). The summed E-state index contributed by atoms with van der Waals surface area (Å²) in [6.45, 7) is 0. The van der Waals surface area contributed by atoms with Gasteiger partial charge in [-0.15, -0.1) is 0 Å². The number of carboxylic acids is 1. The zero-order chi connectivity index (χ0) is 15.6. The molecule has 1 heterocycles. The van der Waals surface area contributed by atoms with E-state index in [9.17, 15) is 9.90 Å². The highest BCUT2D eigenvalue weighted by atomic mass is 32.1. The second-order valence-corrected chi connectivity index (χ2v) is 4.98. The summed E-state index contributed by atoms with van der Waals surface area (Å²) in [6, 6.07) is 3.31. The first kappa shape index (κ1) is 14.9. The first-order valence-corrected chi connectivity index (χ1v) is 6.63. The molecule has 2 aromatic rings. The summed E-state index contributed by atoms with van der Waals surface area (Å²) in [5.41, 5.74) is 6.08. The summed E-state index contributed by atoms with van der Waals surface area (Å²) in [4.78, 5) is 15.5. The number of nitrogen functional groups attached to an aromatic ring is 1. The number of rotatable bonds is 5. The van der Waals surface area contributed by atoms with Gasteiger partial charge < -0.3 is 25.1 Å². The van der Waals surface area contributed by atoms with Crippen molar-refractivity contribution < 1.29 is 24.1 Å². The third kappa shape index (κ3) is 2.70. The van der Waals surface area contributed by atoms with Crippen LogP contribution in [-0.2, 0) is 0 Å². The molecule has 0 fully saturated rings. The van der Waals surface area contributed by atoms with Crippen LogP contribution >= 0.6 is 11.3 Å². The van der Waals surface area contributed by atoms with Crippen molar-refractivity contribution in [1.82, 2.24) is 4.98 Å². The van der Waals surface area contributed by atoms with E-state index in [2.05, 4.69) is 4.98 Å². The van der Waals surface area contributed by atoms with Gasteiger partial charge in [0.25, 0.3) is 0 Å². The normalized spacial score (nSPS) is 10.2. The Labute approximate surface area is 124 Å². The second-order valence-electron chi connectivity index (χ2n) is 3.95. The maximum atomic E-state index is 11.2. The number of methoxy groups -OCH3 is 3. The second kappa shape index (κ2) is 5.88. The van der Waals surface area contributed by atoms with Crippen LogP contribution in [0.2, 0.25) is 0 Å². The highest BCUT2D eigenvalue weighted by molar-refractivity contribution is 7.19. The van der Waals surface area contributed by atoms with Gasteiger partial charge in [0.1, 0.15) is 0 Å². The van der Waals surface area contributed by atoms with Crippen LogP contribution in [0, 0.1) is 0 Å². The summed E-state index contributed by atoms with van der Waals surface area (Å²) in [5.74, 6) is 0.134. The van der Waals surface area contributed by atoms with Crippen molar-refractivity contribution in [1.29, 1.82) is 0 Å². The molecule has 0 bridgehead atoms. The fourth-order valence-corrected chi connectivity index (χ4v) is 2.70. The standard InChI is InChI=1S/C13H14N2O5S/c1-18-7-4-6(5-8(19-2)10(7)20-3)11-9(12(16)17)15-13(14)21-11/h4-5H,1-3H3,(H2,14,15)(H,16,17). The van der Waals surface area contributed by atoms with Crippen LogP contribution < -0.4 is 19.9 Å². The topological polar surface area (TPSA) is 104 Å². The Morgan fingerprint density at radius 2 is 1.76 bits per heavy atom. The van der Waals surface area contributed by atoms with Crippen LogP contribution in [0.15, 0.2) is 12.1 Å². The number of carboxylic acid groups (broad SMARTS) is 1. The van der Waals surface area contributed by atoms with E-state index >= 15 is 0 Å². The van der Waals surface area contributed by atoms with Crippen molar-refractivity contribution in [2.24, 2.45) is 0 Å². The minimum absolute atomic E-state index is 0.105. The van der Waals surface area contributed by atoms with Crippen molar-refractivity contribution in [2.75, 3.05) is 27.1 Å². The van der Waals surface area contributed by atoms with Crippen molar-refractivity contribution in [2.45, 2.75) is 0 Å². The van der Waals surface area contributed by atoms with E-state index < -0.39 is 5.97 Å². The number of nitrogens with two attached hydrogens (primary N) is 1. The van der Waals surface area contributed by atoms with Crippen molar-refractivity contribution in [3.8, 4) is 27.7 Å². The number of anilines is 1. The molecule has 0 aliphatic heterocycles. The summed E-state index contributed by atoms with van der Waals surface area (Å²) >= 11 is 1.08. The van der Waals surface area contributed by atoms with Crippen LogP contribution in [0.1, 0.15) is 10.5 Å². The molecule has 1 aromatic carbocycles. The van der Waals surface area contributed by atoms with Gasteiger partial charge in [-0.05, 0) is 12.1 Å². The molecular formula is C13H14N2O5S. The van der Waals surface area contributed by atoms with Gasteiger partial charge in [0.05, 0.1) is 26.2 Å². The lowest BCUT2D eigenvalue weighted by Gasteiger charge is -2.13. The average molecular weight is 310 g/mol. The number of hydrogen-bond donors (Lipinski definition) is 2.